The Balaban J connectivity index is 1.35. The molecule has 0 spiro atoms. The second kappa shape index (κ2) is 10.8. The third-order valence-electron chi connectivity index (χ3n) is 6.76. The van der Waals surface area contributed by atoms with Gasteiger partial charge in [0.25, 0.3) is 5.91 Å². The number of nitrogens with zero attached hydrogens (tertiary/aromatic N) is 3. The first-order chi connectivity index (χ1) is 18.3. The number of hydrazone groups is 1. The number of rotatable bonds is 6. The number of carbonyl (C=O) groups is 2. The molecule has 0 fully saturated rings. The van der Waals surface area contributed by atoms with Crippen LogP contribution in [0, 0.1) is 19.7 Å². The number of methoxy groups -OCH3 is 1. The average Bonchev–Trinajstić information content (AvgIpc) is 3.51. The largest absolute Gasteiger partial charge is 0.497 e. The molecule has 3 aromatic carbocycles. The Morgan fingerprint density at radius 1 is 1.11 bits per heavy atom. The minimum absolute atomic E-state index is 0.00596. The highest BCUT2D eigenvalue weighted by atomic mass is 32.2. The van der Waals surface area contributed by atoms with Gasteiger partial charge in [-0.15, -0.1) is 0 Å². The Bertz CT molecular complexity index is 1440. The van der Waals surface area contributed by atoms with Crippen molar-refractivity contribution in [1.82, 2.24) is 5.01 Å². The molecule has 38 heavy (non-hydrogen) atoms. The summed E-state index contributed by atoms with van der Waals surface area (Å²) in [4.78, 5) is 29.9. The van der Waals surface area contributed by atoms with E-state index < -0.39 is 5.25 Å². The molecule has 2 atom stereocenters. The number of aliphatic imine (C=N–C) groups is 1. The van der Waals surface area contributed by atoms with Crippen LogP contribution in [-0.2, 0) is 9.59 Å². The van der Waals surface area contributed by atoms with Gasteiger partial charge in [-0.1, -0.05) is 36.0 Å². The standard InChI is InChI=1S/C29H27FN4O3S/c1-17-5-4-6-23(18(17)2)31-27(35)16-26-28(36)32-29(38-26)34-25(20-7-11-21(30)12-8-20)15-24(33-34)19-9-13-22(37-3)14-10-19/h4-14,25-26H,15-16H2,1-3H3,(H,31,35)/t25-,26+/m1/s1. The molecule has 0 radical (unpaired) electrons. The molecule has 2 aliphatic rings. The van der Waals surface area contributed by atoms with Crippen molar-refractivity contribution in [3.63, 3.8) is 0 Å². The molecule has 0 aliphatic carbocycles. The number of nitrogens with one attached hydrogen (secondary N) is 1. The van der Waals surface area contributed by atoms with Crippen molar-refractivity contribution in [2.24, 2.45) is 10.1 Å². The van der Waals surface area contributed by atoms with Gasteiger partial charge in [0.2, 0.25) is 5.91 Å². The van der Waals surface area contributed by atoms with Crippen molar-refractivity contribution in [2.75, 3.05) is 12.4 Å². The average molecular weight is 531 g/mol. The van der Waals surface area contributed by atoms with Gasteiger partial charge in [-0.3, -0.25) is 9.59 Å². The Morgan fingerprint density at radius 3 is 2.55 bits per heavy atom. The summed E-state index contributed by atoms with van der Waals surface area (Å²) < 4.78 is 18.9. The number of amidine groups is 1. The molecular weight excluding hydrogens is 503 g/mol. The molecule has 1 N–H and O–H groups in total. The number of aryl methyl sites for hydroxylation is 1. The van der Waals surface area contributed by atoms with Gasteiger partial charge in [-0.2, -0.15) is 10.1 Å². The van der Waals surface area contributed by atoms with E-state index in [0.717, 1.165) is 39.4 Å². The molecule has 2 aliphatic heterocycles. The first-order valence-corrected chi connectivity index (χ1v) is 13.1. The highest BCUT2D eigenvalue weighted by Crippen LogP contribution is 2.39. The molecule has 9 heteroatoms. The molecule has 0 saturated heterocycles. The Kier molecular flexibility index (Phi) is 7.28. The van der Waals surface area contributed by atoms with Crippen LogP contribution in [-0.4, -0.2) is 40.1 Å². The van der Waals surface area contributed by atoms with Crippen LogP contribution in [0.15, 0.2) is 76.8 Å². The van der Waals surface area contributed by atoms with E-state index in [-0.39, 0.29) is 30.1 Å². The second-order valence-electron chi connectivity index (χ2n) is 9.23. The quantitative estimate of drug-likeness (QED) is 0.447. The molecule has 0 saturated carbocycles. The molecule has 0 unspecified atom stereocenters. The number of halogens is 1. The van der Waals surface area contributed by atoms with Crippen LogP contribution < -0.4 is 10.1 Å². The van der Waals surface area contributed by atoms with E-state index in [1.54, 1.807) is 24.3 Å². The fourth-order valence-corrected chi connectivity index (χ4v) is 5.51. The summed E-state index contributed by atoms with van der Waals surface area (Å²) in [5.41, 5.74) is 5.38. The summed E-state index contributed by atoms with van der Waals surface area (Å²) in [6.07, 6.45) is 0.539. The monoisotopic (exact) mass is 530 g/mol. The SMILES string of the molecule is COc1ccc(C2=NN(C3=NC(=O)[C@H](CC(=O)Nc4cccc(C)c4C)S3)[C@@H](c3ccc(F)cc3)C2)cc1. The molecule has 0 bridgehead atoms. The minimum Gasteiger partial charge on any atom is -0.497 e. The topological polar surface area (TPSA) is 83.4 Å². The van der Waals surface area contributed by atoms with Gasteiger partial charge < -0.3 is 10.1 Å². The fourth-order valence-electron chi connectivity index (χ4n) is 4.45. The summed E-state index contributed by atoms with van der Waals surface area (Å²) in [7, 11) is 1.61. The van der Waals surface area contributed by atoms with Gasteiger partial charge in [0, 0.05) is 18.5 Å². The summed E-state index contributed by atoms with van der Waals surface area (Å²) in [5, 5.41) is 9.24. The van der Waals surface area contributed by atoms with Crippen LogP contribution in [0.1, 0.15) is 41.1 Å². The smallest absolute Gasteiger partial charge is 0.262 e. The summed E-state index contributed by atoms with van der Waals surface area (Å²) in [5.74, 6) is -0.207. The highest BCUT2D eigenvalue weighted by Gasteiger charge is 2.39. The van der Waals surface area contributed by atoms with Crippen LogP contribution in [0.2, 0.25) is 0 Å². The van der Waals surface area contributed by atoms with Gasteiger partial charge >= 0.3 is 0 Å². The maximum absolute atomic E-state index is 13.6. The lowest BCUT2D eigenvalue weighted by Gasteiger charge is -2.23. The van der Waals surface area contributed by atoms with E-state index >= 15 is 0 Å². The number of thioether (sulfide) groups is 1. The van der Waals surface area contributed by atoms with E-state index in [0.29, 0.717) is 11.6 Å². The van der Waals surface area contributed by atoms with E-state index in [2.05, 4.69) is 10.3 Å². The number of hydrogen-bond acceptors (Lipinski definition) is 6. The summed E-state index contributed by atoms with van der Waals surface area (Å²) in [6, 6.07) is 19.3. The van der Waals surface area contributed by atoms with Gasteiger partial charge in [-0.25, -0.2) is 9.40 Å². The number of anilines is 1. The molecule has 194 valence electrons. The third-order valence-corrected chi connectivity index (χ3v) is 7.90. The molecule has 3 aromatic rings. The number of carbonyl (C=O) groups excluding carboxylic acids is 2. The normalized spacial score (nSPS) is 18.8. The molecule has 2 amide bonds. The van der Waals surface area contributed by atoms with Crippen molar-refractivity contribution in [3.8, 4) is 5.75 Å². The predicted octanol–water partition coefficient (Wildman–Crippen LogP) is 5.63. The first kappa shape index (κ1) is 25.7. The Hall–Kier alpha value is -3.98. The maximum atomic E-state index is 13.6. The number of benzene rings is 3. The lowest BCUT2D eigenvalue weighted by atomic mass is 9.98. The molecule has 5 rings (SSSR count). The van der Waals surface area contributed by atoms with Crippen molar-refractivity contribution in [1.29, 1.82) is 0 Å². The third kappa shape index (κ3) is 5.33. The van der Waals surface area contributed by atoms with Crippen LogP contribution in [0.3, 0.4) is 0 Å². The number of hydrogen-bond donors (Lipinski definition) is 1. The second-order valence-corrected chi connectivity index (χ2v) is 10.4. The van der Waals surface area contributed by atoms with Gasteiger partial charge in [0.1, 0.15) is 16.8 Å². The number of amides is 2. The van der Waals surface area contributed by atoms with Crippen LogP contribution in [0.5, 0.6) is 5.75 Å². The zero-order valence-corrected chi connectivity index (χ0v) is 22.1. The summed E-state index contributed by atoms with van der Waals surface area (Å²) >= 11 is 1.23. The lowest BCUT2D eigenvalue weighted by molar-refractivity contribution is -0.121. The van der Waals surface area contributed by atoms with E-state index in [4.69, 9.17) is 9.84 Å². The van der Waals surface area contributed by atoms with Crippen LogP contribution >= 0.6 is 11.8 Å². The van der Waals surface area contributed by atoms with Gasteiger partial charge in [0.15, 0.2) is 5.17 Å². The Labute approximate surface area is 224 Å². The molecule has 7 nitrogen and oxygen atoms in total. The number of ether oxygens (including phenoxy) is 1. The minimum atomic E-state index is -0.649. The maximum Gasteiger partial charge on any atom is 0.262 e. The molecule has 0 aromatic heterocycles. The lowest BCUT2D eigenvalue weighted by Crippen LogP contribution is -2.25. The van der Waals surface area contributed by atoms with Crippen molar-refractivity contribution in [3.05, 3.63) is 94.8 Å². The zero-order valence-electron chi connectivity index (χ0n) is 21.3. The van der Waals surface area contributed by atoms with Gasteiger partial charge in [-0.05, 0) is 78.6 Å². The van der Waals surface area contributed by atoms with Crippen molar-refractivity contribution < 1.29 is 18.7 Å². The van der Waals surface area contributed by atoms with E-state index in [1.165, 1.54) is 23.9 Å². The predicted molar refractivity (Wildman–Crippen MR) is 148 cm³/mol. The zero-order chi connectivity index (χ0) is 26.8. The van der Waals surface area contributed by atoms with Crippen LogP contribution in [0.4, 0.5) is 10.1 Å². The first-order valence-electron chi connectivity index (χ1n) is 12.2. The van der Waals surface area contributed by atoms with E-state index in [9.17, 15) is 14.0 Å². The van der Waals surface area contributed by atoms with Crippen molar-refractivity contribution >= 4 is 40.1 Å². The Morgan fingerprint density at radius 2 is 1.84 bits per heavy atom. The highest BCUT2D eigenvalue weighted by molar-refractivity contribution is 8.15. The summed E-state index contributed by atoms with van der Waals surface area (Å²) in [6.45, 7) is 3.93. The van der Waals surface area contributed by atoms with Crippen LogP contribution in [0.25, 0.3) is 0 Å². The van der Waals surface area contributed by atoms with Crippen molar-refractivity contribution in [2.45, 2.75) is 38.0 Å². The molecule has 2 heterocycles. The van der Waals surface area contributed by atoms with E-state index in [1.807, 2.05) is 56.3 Å². The van der Waals surface area contributed by atoms with Gasteiger partial charge in [0.05, 0.1) is 18.9 Å². The fraction of sp³-hybridized carbons (Fsp3) is 0.241. The molecular formula is C29H27FN4O3S.